The summed E-state index contributed by atoms with van der Waals surface area (Å²) < 4.78 is 41.1. The van der Waals surface area contributed by atoms with Gasteiger partial charge in [-0.1, -0.05) is 12.1 Å². The second kappa shape index (κ2) is 7.18. The fraction of sp³-hybridized carbons (Fsp3) is 0.429. The van der Waals surface area contributed by atoms with E-state index in [1.54, 1.807) is 25.1 Å². The Morgan fingerprint density at radius 3 is 2.83 bits per heavy atom. The minimum Gasteiger partial charge on any atom is -0.340 e. The van der Waals surface area contributed by atoms with Crippen molar-refractivity contribution in [2.45, 2.75) is 31.2 Å². The standard InChI is InChI=1S/C21H24FN3O3S/c1-15-6-7-17(11-19(15)22)29(27,28)25-10-8-21(14-25)12-18(21)20(26)24(2)13-16-5-3-4-9-23-16/h3-7,9,11,18H,8,10,12-14H2,1-2H3/t18-,21+/m0/s1. The third-order valence-corrected chi connectivity index (χ3v) is 7.96. The predicted octanol–water partition coefficient (Wildman–Crippen LogP) is 2.59. The lowest BCUT2D eigenvalue weighted by Crippen LogP contribution is -2.32. The van der Waals surface area contributed by atoms with Crippen molar-refractivity contribution in [1.29, 1.82) is 0 Å². The third kappa shape index (κ3) is 3.67. The summed E-state index contributed by atoms with van der Waals surface area (Å²) in [5.74, 6) is -0.682. The summed E-state index contributed by atoms with van der Waals surface area (Å²) in [4.78, 5) is 18.7. The summed E-state index contributed by atoms with van der Waals surface area (Å²) in [5, 5.41) is 0. The molecule has 0 unspecified atom stereocenters. The Kier molecular flexibility index (Phi) is 4.94. The SMILES string of the molecule is Cc1ccc(S(=O)(=O)N2CC[C@@]3(C[C@H]3C(=O)N(C)Cc3ccccn3)C2)cc1F. The number of aromatic nitrogens is 1. The number of rotatable bonds is 5. The van der Waals surface area contributed by atoms with Crippen molar-refractivity contribution < 1.29 is 17.6 Å². The van der Waals surface area contributed by atoms with Crippen LogP contribution < -0.4 is 0 Å². The van der Waals surface area contributed by atoms with Crippen molar-refractivity contribution >= 4 is 15.9 Å². The first kappa shape index (κ1) is 20.0. The Morgan fingerprint density at radius 1 is 1.34 bits per heavy atom. The molecule has 1 aliphatic heterocycles. The highest BCUT2D eigenvalue weighted by atomic mass is 32.2. The molecule has 0 radical (unpaired) electrons. The van der Waals surface area contributed by atoms with Gasteiger partial charge in [0.15, 0.2) is 0 Å². The van der Waals surface area contributed by atoms with Crippen molar-refractivity contribution in [2.75, 3.05) is 20.1 Å². The van der Waals surface area contributed by atoms with Gasteiger partial charge in [-0.3, -0.25) is 9.78 Å². The fourth-order valence-corrected chi connectivity index (χ4v) is 5.72. The van der Waals surface area contributed by atoms with Crippen molar-refractivity contribution in [1.82, 2.24) is 14.2 Å². The fourth-order valence-electron chi connectivity index (χ4n) is 4.17. The number of benzene rings is 1. The molecule has 2 aliphatic rings. The van der Waals surface area contributed by atoms with Gasteiger partial charge in [-0.15, -0.1) is 0 Å². The smallest absolute Gasteiger partial charge is 0.243 e. The Hall–Kier alpha value is -2.32. The van der Waals surface area contributed by atoms with E-state index >= 15 is 0 Å². The Labute approximate surface area is 170 Å². The van der Waals surface area contributed by atoms with Gasteiger partial charge in [0.2, 0.25) is 15.9 Å². The van der Waals surface area contributed by atoms with Gasteiger partial charge in [-0.2, -0.15) is 4.31 Å². The first-order valence-electron chi connectivity index (χ1n) is 9.64. The number of amides is 1. The van der Waals surface area contributed by atoms with E-state index in [0.29, 0.717) is 38.0 Å². The molecule has 2 fully saturated rings. The van der Waals surface area contributed by atoms with Gasteiger partial charge >= 0.3 is 0 Å². The highest BCUT2D eigenvalue weighted by Gasteiger charge is 2.62. The number of carbonyl (C=O) groups excluding carboxylic acids is 1. The lowest BCUT2D eigenvalue weighted by atomic mass is 10.0. The second-order valence-corrected chi connectivity index (χ2v) is 10.1. The van der Waals surface area contributed by atoms with E-state index in [1.807, 2.05) is 18.2 Å². The van der Waals surface area contributed by atoms with Gasteiger partial charge in [0.05, 0.1) is 17.1 Å². The summed E-state index contributed by atoms with van der Waals surface area (Å²) in [5.41, 5.74) is 0.923. The van der Waals surface area contributed by atoms with Crippen LogP contribution in [0.15, 0.2) is 47.5 Å². The summed E-state index contributed by atoms with van der Waals surface area (Å²) in [7, 11) is -2.02. The molecule has 1 amide bonds. The van der Waals surface area contributed by atoms with Crippen LogP contribution in [0.3, 0.4) is 0 Å². The number of sulfonamides is 1. The molecule has 6 nitrogen and oxygen atoms in total. The van der Waals surface area contributed by atoms with Crippen molar-refractivity contribution in [3.8, 4) is 0 Å². The Morgan fingerprint density at radius 2 is 2.14 bits per heavy atom. The molecule has 2 aromatic rings. The van der Waals surface area contributed by atoms with Crippen LogP contribution in [0.1, 0.15) is 24.1 Å². The van der Waals surface area contributed by atoms with E-state index in [1.165, 1.54) is 16.4 Å². The number of halogens is 1. The number of carbonyl (C=O) groups is 1. The molecule has 2 atom stereocenters. The zero-order valence-electron chi connectivity index (χ0n) is 16.5. The number of aryl methyl sites for hydroxylation is 1. The van der Waals surface area contributed by atoms with Crippen molar-refractivity contribution in [3.05, 3.63) is 59.7 Å². The summed E-state index contributed by atoms with van der Waals surface area (Å²) in [6.07, 6.45) is 3.03. The van der Waals surface area contributed by atoms with Crippen molar-refractivity contribution in [3.63, 3.8) is 0 Å². The number of hydrogen-bond acceptors (Lipinski definition) is 4. The van der Waals surface area contributed by atoms with Gasteiger partial charge in [0.25, 0.3) is 0 Å². The molecule has 1 saturated carbocycles. The highest BCUT2D eigenvalue weighted by Crippen LogP contribution is 2.59. The molecule has 2 heterocycles. The molecule has 154 valence electrons. The molecule has 0 bridgehead atoms. The van der Waals surface area contributed by atoms with Gasteiger partial charge in [0.1, 0.15) is 5.82 Å². The zero-order chi connectivity index (χ0) is 20.8. The first-order valence-corrected chi connectivity index (χ1v) is 11.1. The van der Waals surface area contributed by atoms with Crippen LogP contribution >= 0.6 is 0 Å². The third-order valence-electron chi connectivity index (χ3n) is 6.12. The maximum Gasteiger partial charge on any atom is 0.243 e. The van der Waals surface area contributed by atoms with Gasteiger partial charge < -0.3 is 4.90 Å². The Balaban J connectivity index is 1.43. The average molecular weight is 418 g/mol. The minimum absolute atomic E-state index is 0.0243. The van der Waals surface area contributed by atoms with Crippen LogP contribution in [-0.2, 0) is 21.4 Å². The van der Waals surface area contributed by atoms with E-state index in [4.69, 9.17) is 0 Å². The van der Waals surface area contributed by atoms with E-state index in [-0.39, 0.29) is 22.1 Å². The molecule has 1 aromatic heterocycles. The van der Waals surface area contributed by atoms with Crippen LogP contribution in [-0.4, -0.2) is 48.7 Å². The zero-order valence-corrected chi connectivity index (χ0v) is 17.3. The maximum absolute atomic E-state index is 13.9. The molecule has 4 rings (SSSR count). The van der Waals surface area contributed by atoms with Crippen LogP contribution in [0.25, 0.3) is 0 Å². The summed E-state index contributed by atoms with van der Waals surface area (Å²) in [6, 6.07) is 9.57. The largest absolute Gasteiger partial charge is 0.340 e. The summed E-state index contributed by atoms with van der Waals surface area (Å²) >= 11 is 0. The predicted molar refractivity (Wildman–Crippen MR) is 106 cm³/mol. The molecular weight excluding hydrogens is 393 g/mol. The topological polar surface area (TPSA) is 70.6 Å². The normalized spacial score (nSPS) is 24.0. The van der Waals surface area contributed by atoms with Crippen LogP contribution in [0.2, 0.25) is 0 Å². The molecule has 1 aliphatic carbocycles. The van der Waals surface area contributed by atoms with Gasteiger partial charge in [-0.05, 0) is 55.0 Å². The van der Waals surface area contributed by atoms with Crippen LogP contribution in [0.4, 0.5) is 4.39 Å². The molecule has 29 heavy (non-hydrogen) atoms. The number of pyridine rings is 1. The number of nitrogens with zero attached hydrogens (tertiary/aromatic N) is 3. The summed E-state index contributed by atoms with van der Waals surface area (Å²) in [6.45, 7) is 2.68. The van der Waals surface area contributed by atoms with Crippen molar-refractivity contribution in [2.24, 2.45) is 11.3 Å². The van der Waals surface area contributed by atoms with Gasteiger partial charge in [-0.25, -0.2) is 12.8 Å². The lowest BCUT2D eigenvalue weighted by molar-refractivity contribution is -0.132. The van der Waals surface area contributed by atoms with Crippen LogP contribution in [0, 0.1) is 24.1 Å². The highest BCUT2D eigenvalue weighted by molar-refractivity contribution is 7.89. The van der Waals surface area contributed by atoms with E-state index in [2.05, 4.69) is 4.98 Å². The molecule has 1 aromatic carbocycles. The monoisotopic (exact) mass is 417 g/mol. The maximum atomic E-state index is 13.9. The first-order chi connectivity index (χ1) is 13.7. The second-order valence-electron chi connectivity index (χ2n) is 8.13. The lowest BCUT2D eigenvalue weighted by Gasteiger charge is -2.19. The average Bonchev–Trinajstić information content (AvgIpc) is 3.22. The van der Waals surface area contributed by atoms with E-state index in [0.717, 1.165) is 11.8 Å². The molecule has 0 N–H and O–H groups in total. The minimum atomic E-state index is -3.77. The van der Waals surface area contributed by atoms with Crippen LogP contribution in [0.5, 0.6) is 0 Å². The molecule has 8 heteroatoms. The van der Waals surface area contributed by atoms with E-state index in [9.17, 15) is 17.6 Å². The number of hydrogen-bond donors (Lipinski definition) is 0. The quantitative estimate of drug-likeness (QED) is 0.750. The Bertz CT molecular complexity index is 1040. The van der Waals surface area contributed by atoms with E-state index < -0.39 is 15.8 Å². The molecular formula is C21H24FN3O3S. The molecule has 1 spiro atoms. The molecule has 1 saturated heterocycles. The van der Waals surface area contributed by atoms with Gasteiger partial charge in [0, 0.05) is 32.3 Å².